The number of aryl methyl sites for hydroxylation is 3. The largest absolute Gasteiger partial charge is 0.361 e. The number of pyridine rings is 1. The van der Waals surface area contributed by atoms with Gasteiger partial charge in [-0.1, -0.05) is 5.16 Å². The van der Waals surface area contributed by atoms with Gasteiger partial charge in [-0.05, 0) is 32.4 Å². The molecule has 0 unspecified atom stereocenters. The number of aromatic nitrogens is 4. The van der Waals surface area contributed by atoms with Crippen LogP contribution in [-0.4, -0.2) is 49.7 Å². The van der Waals surface area contributed by atoms with Crippen molar-refractivity contribution in [3.8, 4) is 0 Å². The topological polar surface area (TPSA) is 106 Å². The van der Waals surface area contributed by atoms with Gasteiger partial charge in [-0.3, -0.25) is 19.3 Å². The molecular formula is C23H28N6O3. The van der Waals surface area contributed by atoms with Gasteiger partial charge in [0.15, 0.2) is 0 Å². The molecule has 9 nitrogen and oxygen atoms in total. The SMILES string of the molecule is Cc1noc(C)c1CCC(=O)N1CCc2c(c(CCNC(=O)c3ccncc3)nn2C)C1. The molecule has 0 atom stereocenters. The second kappa shape index (κ2) is 9.33. The van der Waals surface area contributed by atoms with Gasteiger partial charge in [-0.2, -0.15) is 5.10 Å². The van der Waals surface area contributed by atoms with Crippen LogP contribution in [0.25, 0.3) is 0 Å². The maximum Gasteiger partial charge on any atom is 0.251 e. The molecule has 0 spiro atoms. The van der Waals surface area contributed by atoms with Crippen molar-refractivity contribution in [2.75, 3.05) is 13.1 Å². The number of fused-ring (bicyclic) bond motifs is 1. The van der Waals surface area contributed by atoms with E-state index < -0.39 is 0 Å². The fourth-order valence-electron chi connectivity index (χ4n) is 4.23. The Morgan fingerprint density at radius 2 is 1.97 bits per heavy atom. The molecule has 1 aliphatic heterocycles. The lowest BCUT2D eigenvalue weighted by molar-refractivity contribution is -0.132. The zero-order valence-corrected chi connectivity index (χ0v) is 18.7. The number of hydrogen-bond donors (Lipinski definition) is 1. The highest BCUT2D eigenvalue weighted by molar-refractivity contribution is 5.93. The van der Waals surface area contributed by atoms with Crippen molar-refractivity contribution < 1.29 is 14.1 Å². The summed E-state index contributed by atoms with van der Waals surface area (Å²) >= 11 is 0. The van der Waals surface area contributed by atoms with Crippen LogP contribution >= 0.6 is 0 Å². The van der Waals surface area contributed by atoms with Crippen LogP contribution in [0.5, 0.6) is 0 Å². The minimum Gasteiger partial charge on any atom is -0.361 e. The van der Waals surface area contributed by atoms with Crippen LogP contribution in [0.2, 0.25) is 0 Å². The van der Waals surface area contributed by atoms with Gasteiger partial charge < -0.3 is 14.7 Å². The number of hydrogen-bond acceptors (Lipinski definition) is 6. The van der Waals surface area contributed by atoms with Crippen molar-refractivity contribution in [1.82, 2.24) is 30.1 Å². The summed E-state index contributed by atoms with van der Waals surface area (Å²) in [5, 5.41) is 11.6. The molecule has 2 amide bonds. The van der Waals surface area contributed by atoms with Crippen molar-refractivity contribution in [3.05, 3.63) is 64.1 Å². The van der Waals surface area contributed by atoms with E-state index in [4.69, 9.17) is 4.52 Å². The molecule has 0 saturated carbocycles. The summed E-state index contributed by atoms with van der Waals surface area (Å²) in [5.74, 6) is 0.768. The molecule has 0 fully saturated rings. The number of rotatable bonds is 7. The first-order chi connectivity index (χ1) is 15.4. The molecule has 0 radical (unpaired) electrons. The van der Waals surface area contributed by atoms with E-state index in [9.17, 15) is 9.59 Å². The van der Waals surface area contributed by atoms with E-state index >= 15 is 0 Å². The van der Waals surface area contributed by atoms with Gasteiger partial charge in [0.25, 0.3) is 5.91 Å². The molecule has 32 heavy (non-hydrogen) atoms. The van der Waals surface area contributed by atoms with Gasteiger partial charge in [-0.25, -0.2) is 0 Å². The van der Waals surface area contributed by atoms with Gasteiger partial charge in [0.2, 0.25) is 5.91 Å². The maximum atomic E-state index is 12.9. The Morgan fingerprint density at radius 1 is 1.19 bits per heavy atom. The molecule has 0 bridgehead atoms. The summed E-state index contributed by atoms with van der Waals surface area (Å²) in [5.41, 5.74) is 5.64. The van der Waals surface area contributed by atoms with Gasteiger partial charge in [-0.15, -0.1) is 0 Å². The van der Waals surface area contributed by atoms with E-state index in [0.29, 0.717) is 44.5 Å². The molecule has 3 aromatic rings. The first kappa shape index (κ1) is 21.7. The Balaban J connectivity index is 1.36. The summed E-state index contributed by atoms with van der Waals surface area (Å²) in [7, 11) is 1.94. The van der Waals surface area contributed by atoms with Crippen molar-refractivity contribution >= 4 is 11.8 Å². The normalized spacial score (nSPS) is 13.2. The smallest absolute Gasteiger partial charge is 0.251 e. The molecule has 4 heterocycles. The van der Waals surface area contributed by atoms with E-state index in [1.54, 1.807) is 24.5 Å². The summed E-state index contributed by atoms with van der Waals surface area (Å²) in [4.78, 5) is 31.0. The third kappa shape index (κ3) is 4.56. The monoisotopic (exact) mass is 436 g/mol. The van der Waals surface area contributed by atoms with Crippen molar-refractivity contribution in [2.24, 2.45) is 7.05 Å². The predicted molar refractivity (Wildman–Crippen MR) is 117 cm³/mol. The van der Waals surface area contributed by atoms with Gasteiger partial charge in [0.05, 0.1) is 11.4 Å². The molecule has 0 aliphatic carbocycles. The molecule has 4 rings (SSSR count). The number of nitrogens with one attached hydrogen (secondary N) is 1. The Morgan fingerprint density at radius 3 is 2.69 bits per heavy atom. The second-order valence-corrected chi connectivity index (χ2v) is 8.11. The lowest BCUT2D eigenvalue weighted by Gasteiger charge is -2.28. The number of carbonyl (C=O) groups is 2. The molecule has 1 N–H and O–H groups in total. The highest BCUT2D eigenvalue weighted by Crippen LogP contribution is 2.24. The highest BCUT2D eigenvalue weighted by Gasteiger charge is 2.26. The van der Waals surface area contributed by atoms with Crippen molar-refractivity contribution in [1.29, 1.82) is 0 Å². The first-order valence-electron chi connectivity index (χ1n) is 10.9. The second-order valence-electron chi connectivity index (χ2n) is 8.11. The fraction of sp³-hybridized carbons (Fsp3) is 0.435. The first-order valence-corrected chi connectivity index (χ1v) is 10.9. The molecular weight excluding hydrogens is 408 g/mol. The molecule has 1 aliphatic rings. The number of nitrogens with zero attached hydrogens (tertiary/aromatic N) is 5. The molecule has 9 heteroatoms. The Hall–Kier alpha value is -3.49. The van der Waals surface area contributed by atoms with Crippen LogP contribution in [0.4, 0.5) is 0 Å². The molecule has 0 aromatic carbocycles. The van der Waals surface area contributed by atoms with E-state index in [1.807, 2.05) is 30.5 Å². The zero-order valence-electron chi connectivity index (χ0n) is 18.7. The highest BCUT2D eigenvalue weighted by atomic mass is 16.5. The summed E-state index contributed by atoms with van der Waals surface area (Å²) < 4.78 is 7.11. The Kier molecular flexibility index (Phi) is 6.34. The molecule has 0 saturated heterocycles. The predicted octanol–water partition coefficient (Wildman–Crippen LogP) is 1.91. The molecule has 3 aromatic heterocycles. The standard InChI is InChI=1S/C23H28N6O3/c1-15-18(16(2)32-27-15)4-5-22(30)29-13-9-21-19(14-29)20(26-28(21)3)8-12-25-23(31)17-6-10-24-11-7-17/h6-7,10-11H,4-5,8-9,12-14H2,1-3H3,(H,25,31). The van der Waals surface area contributed by atoms with Crippen LogP contribution in [0.1, 0.15) is 50.7 Å². The third-order valence-corrected chi connectivity index (χ3v) is 6.04. The Labute approximate surface area is 186 Å². The fourth-order valence-corrected chi connectivity index (χ4v) is 4.23. The minimum absolute atomic E-state index is 0.122. The van der Waals surface area contributed by atoms with Crippen molar-refractivity contribution in [3.63, 3.8) is 0 Å². The maximum absolute atomic E-state index is 12.9. The lowest BCUT2D eigenvalue weighted by Crippen LogP contribution is -2.36. The third-order valence-electron chi connectivity index (χ3n) is 6.04. The summed E-state index contributed by atoms with van der Waals surface area (Å²) in [6.45, 7) is 5.49. The number of carbonyl (C=O) groups excluding carboxylic acids is 2. The van der Waals surface area contributed by atoms with Crippen molar-refractivity contribution in [2.45, 2.75) is 46.1 Å². The van der Waals surface area contributed by atoms with Gasteiger partial charge >= 0.3 is 0 Å². The minimum atomic E-state index is -0.131. The van der Waals surface area contributed by atoms with Crippen LogP contribution in [0, 0.1) is 13.8 Å². The molecule has 168 valence electrons. The van der Waals surface area contributed by atoms with Crippen LogP contribution in [0.3, 0.4) is 0 Å². The Bertz CT molecular complexity index is 1100. The van der Waals surface area contributed by atoms with Crippen LogP contribution in [0.15, 0.2) is 29.0 Å². The zero-order chi connectivity index (χ0) is 22.7. The number of amides is 2. The van der Waals surface area contributed by atoms with Gasteiger partial charge in [0.1, 0.15) is 5.76 Å². The van der Waals surface area contributed by atoms with Crippen LogP contribution < -0.4 is 5.32 Å². The van der Waals surface area contributed by atoms with E-state index in [0.717, 1.165) is 40.4 Å². The van der Waals surface area contributed by atoms with Crippen LogP contribution in [-0.2, 0) is 37.6 Å². The van der Waals surface area contributed by atoms with Gasteiger partial charge in [0, 0.05) is 80.7 Å². The lowest BCUT2D eigenvalue weighted by atomic mass is 10.0. The quantitative estimate of drug-likeness (QED) is 0.606. The average Bonchev–Trinajstić information content (AvgIpc) is 3.30. The van der Waals surface area contributed by atoms with E-state index in [2.05, 4.69) is 20.6 Å². The summed E-state index contributed by atoms with van der Waals surface area (Å²) in [6, 6.07) is 3.37. The average molecular weight is 437 g/mol. The van der Waals surface area contributed by atoms with E-state index in [-0.39, 0.29) is 11.8 Å². The van der Waals surface area contributed by atoms with E-state index in [1.165, 1.54) is 0 Å². The summed E-state index contributed by atoms with van der Waals surface area (Å²) in [6.07, 6.45) is 5.64.